The van der Waals surface area contributed by atoms with E-state index in [2.05, 4.69) is 72.9 Å². The summed E-state index contributed by atoms with van der Waals surface area (Å²) < 4.78 is 16.3. The molecule has 1 unspecified atom stereocenters. The van der Waals surface area contributed by atoms with Crippen LogP contribution in [0.2, 0.25) is 0 Å². The SMILES string of the molecule is COc1cc2nc(NNC(C)=S)nc(NNC(N)=S)c2cc1OC.OCCNc1nc(Nc2ccccc2O)nc2ccccc12.Oc1ccccc1Nc1nc(NCC2CCCO2)c2ccccc2n1. The van der Waals surface area contributed by atoms with E-state index >= 15 is 0 Å². The summed E-state index contributed by atoms with van der Waals surface area (Å²) in [5.74, 6) is 4.33. The lowest BCUT2D eigenvalue weighted by Crippen LogP contribution is -2.34. The molecule has 1 fully saturated rings. The Balaban J connectivity index is 0.000000157. The molecule has 368 valence electrons. The number of hydrazine groups is 2. The monoisotopic (exact) mass is 999 g/mol. The van der Waals surface area contributed by atoms with Crippen molar-refractivity contribution < 1.29 is 29.5 Å². The Morgan fingerprint density at radius 3 is 1.72 bits per heavy atom. The molecule has 1 saturated heterocycles. The van der Waals surface area contributed by atoms with Gasteiger partial charge in [-0.1, -0.05) is 60.7 Å². The van der Waals surface area contributed by atoms with Crippen molar-refractivity contribution in [2.24, 2.45) is 5.73 Å². The van der Waals surface area contributed by atoms with E-state index in [1.807, 2.05) is 60.7 Å². The van der Waals surface area contributed by atoms with Crippen LogP contribution >= 0.6 is 24.4 Å². The van der Waals surface area contributed by atoms with Crippen LogP contribution in [-0.4, -0.2) is 102 Å². The summed E-state index contributed by atoms with van der Waals surface area (Å²) in [6, 6.07) is 32.9. The van der Waals surface area contributed by atoms with Crippen molar-refractivity contribution in [2.45, 2.75) is 25.9 Å². The number of phenols is 2. The van der Waals surface area contributed by atoms with Gasteiger partial charge in [-0.3, -0.25) is 21.7 Å². The van der Waals surface area contributed by atoms with Gasteiger partial charge in [-0.15, -0.1) is 0 Å². The highest BCUT2D eigenvalue weighted by Gasteiger charge is 2.18. The van der Waals surface area contributed by atoms with Crippen molar-refractivity contribution >= 4 is 114 Å². The molecule has 0 bridgehead atoms. The molecule has 71 heavy (non-hydrogen) atoms. The lowest BCUT2D eigenvalue weighted by molar-refractivity contribution is 0.120. The van der Waals surface area contributed by atoms with E-state index in [1.165, 1.54) is 0 Å². The van der Waals surface area contributed by atoms with Crippen LogP contribution in [-0.2, 0) is 4.74 Å². The molecule has 1 atom stereocenters. The van der Waals surface area contributed by atoms with E-state index < -0.39 is 0 Å². The highest BCUT2D eigenvalue weighted by molar-refractivity contribution is 7.80. The highest BCUT2D eigenvalue weighted by atomic mass is 32.1. The minimum absolute atomic E-state index is 0.0144. The Morgan fingerprint density at radius 2 is 1.18 bits per heavy atom. The zero-order valence-corrected chi connectivity index (χ0v) is 40.5. The summed E-state index contributed by atoms with van der Waals surface area (Å²) in [6.07, 6.45) is 2.40. The maximum atomic E-state index is 9.95. The third-order valence-corrected chi connectivity index (χ3v) is 10.5. The average molecular weight is 1000 g/mol. The molecule has 0 radical (unpaired) electrons. The highest BCUT2D eigenvalue weighted by Crippen LogP contribution is 2.35. The number of ether oxygens (including phenoxy) is 3. The number of nitrogens with zero attached hydrogens (tertiary/aromatic N) is 6. The number of para-hydroxylation sites is 6. The number of thiocarbonyl (C=S) groups is 2. The normalized spacial score (nSPS) is 12.6. The largest absolute Gasteiger partial charge is 0.506 e. The molecule has 21 nitrogen and oxygen atoms in total. The molecule has 0 saturated carbocycles. The molecule has 4 heterocycles. The zero-order valence-electron chi connectivity index (χ0n) is 38.9. The minimum atomic E-state index is 0.0144. The van der Waals surface area contributed by atoms with Crippen molar-refractivity contribution in [3.63, 3.8) is 0 Å². The molecule has 5 aromatic carbocycles. The van der Waals surface area contributed by atoms with Gasteiger partial charge in [-0.25, -0.2) is 15.0 Å². The van der Waals surface area contributed by atoms with E-state index in [0.29, 0.717) is 74.8 Å². The third kappa shape index (κ3) is 13.9. The Bertz CT molecular complexity index is 3110. The van der Waals surface area contributed by atoms with Gasteiger partial charge in [-0.2, -0.15) is 15.0 Å². The zero-order chi connectivity index (χ0) is 50.1. The van der Waals surface area contributed by atoms with Crippen LogP contribution < -0.4 is 58.2 Å². The minimum Gasteiger partial charge on any atom is -0.506 e. The second-order valence-corrected chi connectivity index (χ2v) is 16.4. The summed E-state index contributed by atoms with van der Waals surface area (Å²) in [7, 11) is 3.10. The van der Waals surface area contributed by atoms with Gasteiger partial charge in [0.05, 0.1) is 59.8 Å². The Labute approximate surface area is 419 Å². The standard InChI is InChI=1S/C19H20N4O2.C16H16N4O2.C13H17N7O2S2/c24-17-10-4-3-9-16(17)22-19-21-15-8-2-1-7-14(15)18(23-19)20-12-13-6-5-11-25-13;21-10-9-17-15-11-5-1-2-6-12(11)18-16(20-15)19-13-7-3-4-8-14(13)22;1-6(23)17-20-13-15-8-5-10(22-3)9(21-2)4-7(8)11(16-13)18-19-12(14)24/h1-4,7-10,13,24H,5-6,11-12H2,(H2,20,21,22,23);1-8,21-22H,9-10H2,(H2,17,18,19,20);4-5H,1-3H3,(H,17,23)(H3,14,19,24)(H2,15,16,18,20). The van der Waals surface area contributed by atoms with E-state index in [0.717, 1.165) is 53.6 Å². The van der Waals surface area contributed by atoms with Crippen LogP contribution in [0, 0.1) is 0 Å². The second-order valence-electron chi connectivity index (χ2n) is 15.3. The molecule has 1 aliphatic rings. The van der Waals surface area contributed by atoms with Gasteiger partial charge in [-0.05, 0) is 86.6 Å². The second kappa shape index (κ2) is 24.8. The number of anilines is 8. The number of nitrogens with two attached hydrogens (primary N) is 1. The first-order valence-electron chi connectivity index (χ1n) is 22.1. The molecule has 1 aliphatic heterocycles. The maximum absolute atomic E-state index is 9.95. The van der Waals surface area contributed by atoms with E-state index in [-0.39, 0.29) is 29.3 Å². The first-order valence-corrected chi connectivity index (χ1v) is 22.9. The van der Waals surface area contributed by atoms with Crippen molar-refractivity contribution in [3.8, 4) is 23.0 Å². The first kappa shape index (κ1) is 50.5. The number of phenolic OH excluding ortho intramolecular Hbond substituents is 2. The number of benzene rings is 5. The average Bonchev–Trinajstić information content (AvgIpc) is 3.91. The van der Waals surface area contributed by atoms with Crippen molar-refractivity contribution in [3.05, 3.63) is 109 Å². The molecule has 9 rings (SSSR count). The number of aliphatic hydroxyl groups is 1. The predicted octanol–water partition coefficient (Wildman–Crippen LogP) is 7.22. The molecule has 13 N–H and O–H groups in total. The van der Waals surface area contributed by atoms with Gasteiger partial charge < -0.3 is 56.5 Å². The topological polar surface area (TPSA) is 288 Å². The molecular weight excluding hydrogens is 947 g/mol. The van der Waals surface area contributed by atoms with Crippen LogP contribution in [0.3, 0.4) is 0 Å². The van der Waals surface area contributed by atoms with Gasteiger partial charge in [0.1, 0.15) is 23.1 Å². The van der Waals surface area contributed by atoms with Crippen LogP contribution in [0.4, 0.5) is 46.7 Å². The Morgan fingerprint density at radius 1 is 0.648 bits per heavy atom. The number of hydrogen-bond donors (Lipinski definition) is 12. The number of methoxy groups -OCH3 is 2. The van der Waals surface area contributed by atoms with Crippen LogP contribution in [0.5, 0.6) is 23.0 Å². The smallest absolute Gasteiger partial charge is 0.244 e. The number of aromatic nitrogens is 6. The van der Waals surface area contributed by atoms with Gasteiger partial charge in [0.2, 0.25) is 17.8 Å². The van der Waals surface area contributed by atoms with Crippen LogP contribution in [0.25, 0.3) is 32.7 Å². The molecular formula is C48H53N15O6S2. The first-order chi connectivity index (χ1) is 34.5. The number of aliphatic hydroxyl groups excluding tert-OH is 1. The maximum Gasteiger partial charge on any atom is 0.244 e. The molecule has 3 aromatic heterocycles. The van der Waals surface area contributed by atoms with Crippen molar-refractivity contribution in [1.29, 1.82) is 0 Å². The molecule has 0 amide bonds. The van der Waals surface area contributed by atoms with Gasteiger partial charge in [0.25, 0.3) is 0 Å². The molecule has 23 heteroatoms. The van der Waals surface area contributed by atoms with Crippen LogP contribution in [0.1, 0.15) is 19.8 Å². The van der Waals surface area contributed by atoms with E-state index in [1.54, 1.807) is 69.7 Å². The number of nitrogens with one attached hydrogen (secondary N) is 8. The predicted molar refractivity (Wildman–Crippen MR) is 286 cm³/mol. The van der Waals surface area contributed by atoms with Gasteiger partial charge >= 0.3 is 0 Å². The van der Waals surface area contributed by atoms with Crippen LogP contribution in [0.15, 0.2) is 109 Å². The lowest BCUT2D eigenvalue weighted by atomic mass is 10.2. The molecule has 0 aliphatic carbocycles. The molecule has 0 spiro atoms. The number of fused-ring (bicyclic) bond motifs is 3. The third-order valence-electron chi connectivity index (χ3n) is 10.3. The fourth-order valence-corrected chi connectivity index (χ4v) is 7.10. The van der Waals surface area contributed by atoms with E-state index in [9.17, 15) is 10.2 Å². The van der Waals surface area contributed by atoms with Crippen molar-refractivity contribution in [2.75, 3.05) is 72.6 Å². The van der Waals surface area contributed by atoms with Gasteiger partial charge in [0, 0.05) is 41.9 Å². The number of rotatable bonds is 16. The summed E-state index contributed by atoms with van der Waals surface area (Å²) in [5.41, 5.74) is 19.8. The summed E-state index contributed by atoms with van der Waals surface area (Å²) in [4.78, 5) is 27.3. The summed E-state index contributed by atoms with van der Waals surface area (Å²) in [5, 5.41) is 43.9. The lowest BCUT2D eigenvalue weighted by Gasteiger charge is -2.15. The van der Waals surface area contributed by atoms with Crippen molar-refractivity contribution in [1.82, 2.24) is 40.8 Å². The Kier molecular flexibility index (Phi) is 17.6. The quantitative estimate of drug-likeness (QED) is 0.0258. The summed E-state index contributed by atoms with van der Waals surface area (Å²) in [6.45, 7) is 3.69. The van der Waals surface area contributed by atoms with Gasteiger partial charge in [0.15, 0.2) is 22.4 Å². The number of aromatic hydroxyl groups is 2. The Hall–Kier alpha value is -8.38. The number of hydrogen-bond acceptors (Lipinski definition) is 20. The van der Waals surface area contributed by atoms with E-state index in [4.69, 9.17) is 49.5 Å². The summed E-state index contributed by atoms with van der Waals surface area (Å²) >= 11 is 9.75. The molecule has 8 aromatic rings. The fraction of sp³-hybridized carbons (Fsp3) is 0.208. The fourth-order valence-electron chi connectivity index (χ4n) is 7.00.